The molecule has 0 unspecified atom stereocenters. The standard InChI is InChI=1S/C12H18N6OS2/c1-5-9-15-17-12(18(9)7(2)3)20-6-10(19)13-11-16-14-8(4)21-11/h7H,5-6H2,1-4H3,(H,13,16,19). The molecule has 2 heterocycles. The van der Waals surface area contributed by atoms with E-state index in [0.717, 1.165) is 22.4 Å². The number of thioether (sulfide) groups is 1. The van der Waals surface area contributed by atoms with Crippen LogP contribution in [-0.4, -0.2) is 36.6 Å². The van der Waals surface area contributed by atoms with Crippen LogP contribution >= 0.6 is 23.1 Å². The average Bonchev–Trinajstić information content (AvgIpc) is 3.02. The molecule has 2 rings (SSSR count). The quantitative estimate of drug-likeness (QED) is 0.820. The predicted molar refractivity (Wildman–Crippen MR) is 83.8 cm³/mol. The molecule has 0 spiro atoms. The summed E-state index contributed by atoms with van der Waals surface area (Å²) in [7, 11) is 0. The van der Waals surface area contributed by atoms with Gasteiger partial charge in [0.1, 0.15) is 10.8 Å². The zero-order chi connectivity index (χ0) is 15.4. The Morgan fingerprint density at radius 3 is 2.67 bits per heavy atom. The average molecular weight is 326 g/mol. The lowest BCUT2D eigenvalue weighted by Gasteiger charge is -2.12. The van der Waals surface area contributed by atoms with Crippen molar-refractivity contribution in [3.05, 3.63) is 10.8 Å². The van der Waals surface area contributed by atoms with Gasteiger partial charge in [0.15, 0.2) is 5.16 Å². The molecule has 0 saturated heterocycles. The Morgan fingerprint density at radius 1 is 1.33 bits per heavy atom. The van der Waals surface area contributed by atoms with Gasteiger partial charge in [-0.3, -0.25) is 10.1 Å². The second-order valence-corrected chi connectivity index (χ2v) is 6.80. The van der Waals surface area contributed by atoms with Crippen molar-refractivity contribution in [1.29, 1.82) is 0 Å². The summed E-state index contributed by atoms with van der Waals surface area (Å²) in [6.07, 6.45) is 0.821. The molecule has 7 nitrogen and oxygen atoms in total. The third kappa shape index (κ3) is 4.01. The molecule has 2 aromatic heterocycles. The van der Waals surface area contributed by atoms with Crippen molar-refractivity contribution < 1.29 is 4.79 Å². The summed E-state index contributed by atoms with van der Waals surface area (Å²) in [4.78, 5) is 11.9. The van der Waals surface area contributed by atoms with E-state index in [9.17, 15) is 4.79 Å². The number of anilines is 1. The lowest BCUT2D eigenvalue weighted by molar-refractivity contribution is -0.113. The highest BCUT2D eigenvalue weighted by atomic mass is 32.2. The molecule has 2 aromatic rings. The van der Waals surface area contributed by atoms with E-state index >= 15 is 0 Å². The third-order valence-corrected chi connectivity index (χ3v) is 4.37. The molecule has 0 saturated carbocycles. The van der Waals surface area contributed by atoms with Gasteiger partial charge in [0, 0.05) is 12.5 Å². The summed E-state index contributed by atoms with van der Waals surface area (Å²) in [6.45, 7) is 8.05. The van der Waals surface area contributed by atoms with Gasteiger partial charge < -0.3 is 4.57 Å². The maximum atomic E-state index is 11.9. The normalized spacial score (nSPS) is 11.1. The lowest BCUT2D eigenvalue weighted by Crippen LogP contribution is -2.15. The van der Waals surface area contributed by atoms with Gasteiger partial charge in [-0.15, -0.1) is 20.4 Å². The van der Waals surface area contributed by atoms with E-state index in [1.54, 1.807) is 0 Å². The van der Waals surface area contributed by atoms with Crippen LogP contribution in [0.4, 0.5) is 5.13 Å². The smallest absolute Gasteiger partial charge is 0.236 e. The van der Waals surface area contributed by atoms with Crippen molar-refractivity contribution in [2.45, 2.75) is 45.3 Å². The highest BCUT2D eigenvalue weighted by Gasteiger charge is 2.15. The Morgan fingerprint density at radius 2 is 2.10 bits per heavy atom. The van der Waals surface area contributed by atoms with Crippen LogP contribution in [0.5, 0.6) is 0 Å². The van der Waals surface area contributed by atoms with Crippen molar-refractivity contribution in [2.24, 2.45) is 0 Å². The van der Waals surface area contributed by atoms with Gasteiger partial charge in [-0.1, -0.05) is 30.0 Å². The molecule has 1 N–H and O–H groups in total. The monoisotopic (exact) mass is 326 g/mol. The van der Waals surface area contributed by atoms with Crippen molar-refractivity contribution in [1.82, 2.24) is 25.0 Å². The number of nitrogens with zero attached hydrogens (tertiary/aromatic N) is 5. The minimum absolute atomic E-state index is 0.118. The van der Waals surface area contributed by atoms with E-state index in [-0.39, 0.29) is 17.7 Å². The Kier molecular flexibility index (Phi) is 5.29. The number of rotatable bonds is 6. The van der Waals surface area contributed by atoms with Gasteiger partial charge >= 0.3 is 0 Å². The number of aromatic nitrogens is 5. The SMILES string of the molecule is CCc1nnc(SCC(=O)Nc2nnc(C)s2)n1C(C)C. The van der Waals surface area contributed by atoms with Crippen LogP contribution in [0.25, 0.3) is 0 Å². The molecule has 21 heavy (non-hydrogen) atoms. The number of amides is 1. The van der Waals surface area contributed by atoms with Crippen molar-refractivity contribution >= 4 is 34.1 Å². The zero-order valence-corrected chi connectivity index (χ0v) is 14.1. The van der Waals surface area contributed by atoms with Gasteiger partial charge in [0.2, 0.25) is 11.0 Å². The summed E-state index contributed by atoms with van der Waals surface area (Å²) >= 11 is 2.74. The molecular formula is C12H18N6OS2. The number of hydrogen-bond acceptors (Lipinski definition) is 7. The van der Waals surface area contributed by atoms with E-state index in [4.69, 9.17) is 0 Å². The molecule has 0 aromatic carbocycles. The van der Waals surface area contributed by atoms with Gasteiger partial charge in [0.05, 0.1) is 5.75 Å². The van der Waals surface area contributed by atoms with Crippen LogP contribution in [0, 0.1) is 6.92 Å². The predicted octanol–water partition coefficient (Wildman–Crippen LogP) is 2.31. The van der Waals surface area contributed by atoms with E-state index in [2.05, 4.69) is 44.1 Å². The molecule has 0 radical (unpaired) electrons. The van der Waals surface area contributed by atoms with E-state index in [1.165, 1.54) is 23.1 Å². The zero-order valence-electron chi connectivity index (χ0n) is 12.5. The fraction of sp³-hybridized carbons (Fsp3) is 0.583. The summed E-state index contributed by atoms with van der Waals surface area (Å²) in [6, 6.07) is 0.270. The van der Waals surface area contributed by atoms with Crippen LogP contribution < -0.4 is 5.32 Å². The van der Waals surface area contributed by atoms with Crippen LogP contribution in [0.15, 0.2) is 5.16 Å². The molecule has 1 amide bonds. The number of aryl methyl sites for hydroxylation is 2. The maximum absolute atomic E-state index is 11.9. The van der Waals surface area contributed by atoms with E-state index < -0.39 is 0 Å². The largest absolute Gasteiger partial charge is 0.303 e. The summed E-state index contributed by atoms with van der Waals surface area (Å²) < 4.78 is 2.06. The highest BCUT2D eigenvalue weighted by Crippen LogP contribution is 2.22. The first-order valence-corrected chi connectivity index (χ1v) is 8.48. The molecular weight excluding hydrogens is 308 g/mol. The highest BCUT2D eigenvalue weighted by molar-refractivity contribution is 7.99. The lowest BCUT2D eigenvalue weighted by atomic mass is 10.3. The van der Waals surface area contributed by atoms with E-state index in [0.29, 0.717) is 5.13 Å². The second kappa shape index (κ2) is 6.99. The van der Waals surface area contributed by atoms with Gasteiger partial charge in [-0.25, -0.2) is 0 Å². The van der Waals surface area contributed by atoms with Crippen molar-refractivity contribution in [2.75, 3.05) is 11.1 Å². The molecule has 114 valence electrons. The van der Waals surface area contributed by atoms with Crippen LogP contribution in [0.1, 0.15) is 37.6 Å². The number of nitrogens with one attached hydrogen (secondary N) is 1. The number of hydrogen-bond donors (Lipinski definition) is 1. The van der Waals surface area contributed by atoms with Crippen molar-refractivity contribution in [3.63, 3.8) is 0 Å². The van der Waals surface area contributed by atoms with Crippen LogP contribution in [0.2, 0.25) is 0 Å². The van der Waals surface area contributed by atoms with Gasteiger partial charge in [-0.05, 0) is 20.8 Å². The van der Waals surface area contributed by atoms with Gasteiger partial charge in [-0.2, -0.15) is 0 Å². The minimum Gasteiger partial charge on any atom is -0.303 e. The third-order valence-electron chi connectivity index (χ3n) is 2.67. The number of carbonyl (C=O) groups is 1. The first-order chi connectivity index (χ1) is 10.0. The first-order valence-electron chi connectivity index (χ1n) is 6.67. The second-order valence-electron chi connectivity index (χ2n) is 4.68. The Balaban J connectivity index is 1.96. The first kappa shape index (κ1) is 15.9. The minimum atomic E-state index is -0.118. The van der Waals surface area contributed by atoms with Crippen LogP contribution in [-0.2, 0) is 11.2 Å². The summed E-state index contributed by atoms with van der Waals surface area (Å²) in [5.74, 6) is 1.09. The Hall–Kier alpha value is -1.48. The summed E-state index contributed by atoms with van der Waals surface area (Å²) in [5, 5.41) is 20.9. The molecule has 0 bridgehead atoms. The molecule has 0 aliphatic rings. The Bertz CT molecular complexity index is 621. The van der Waals surface area contributed by atoms with Crippen LogP contribution in [0.3, 0.4) is 0 Å². The van der Waals surface area contributed by atoms with E-state index in [1.807, 2.05) is 13.8 Å². The topological polar surface area (TPSA) is 85.6 Å². The van der Waals surface area contributed by atoms with Crippen molar-refractivity contribution in [3.8, 4) is 0 Å². The molecule has 0 fully saturated rings. The fourth-order valence-electron chi connectivity index (χ4n) is 1.80. The van der Waals surface area contributed by atoms with Gasteiger partial charge in [0.25, 0.3) is 0 Å². The molecule has 0 atom stereocenters. The Labute approximate surface area is 131 Å². The number of carbonyl (C=O) groups excluding carboxylic acids is 1. The molecule has 0 aliphatic carbocycles. The molecule has 0 aliphatic heterocycles. The molecule has 9 heteroatoms. The summed E-state index contributed by atoms with van der Waals surface area (Å²) in [5.41, 5.74) is 0. The fourth-order valence-corrected chi connectivity index (χ4v) is 3.29. The maximum Gasteiger partial charge on any atom is 0.236 e.